The van der Waals surface area contributed by atoms with Gasteiger partial charge in [-0.05, 0) is 31.2 Å². The Morgan fingerprint density at radius 2 is 2.00 bits per heavy atom. The van der Waals surface area contributed by atoms with Crippen LogP contribution in [0.1, 0.15) is 11.3 Å². The third-order valence-electron chi connectivity index (χ3n) is 2.79. The first-order valence-corrected chi connectivity index (χ1v) is 5.32. The molecule has 0 aliphatic carbocycles. The minimum atomic E-state index is -0.138. The monoisotopic (exact) mass is 233 g/mol. The van der Waals surface area contributed by atoms with Crippen molar-refractivity contribution in [2.24, 2.45) is 5.73 Å². The van der Waals surface area contributed by atoms with Crippen LogP contribution < -0.4 is 16.0 Å². The van der Waals surface area contributed by atoms with E-state index >= 15 is 0 Å². The molecule has 0 spiro atoms. The number of H-pyrrole nitrogens is 1. The molecule has 0 aliphatic heterocycles. The molecule has 1 aromatic carbocycles. The Morgan fingerprint density at radius 3 is 2.47 bits per heavy atom. The summed E-state index contributed by atoms with van der Waals surface area (Å²) >= 11 is 0. The van der Waals surface area contributed by atoms with E-state index in [1.54, 1.807) is 11.8 Å². The van der Waals surface area contributed by atoms with E-state index in [-0.39, 0.29) is 12.1 Å². The van der Waals surface area contributed by atoms with E-state index in [9.17, 15) is 4.79 Å². The third-order valence-corrected chi connectivity index (χ3v) is 2.79. The van der Waals surface area contributed by atoms with Gasteiger partial charge in [0.2, 0.25) is 0 Å². The second-order valence-electron chi connectivity index (χ2n) is 3.74. The smallest absolute Gasteiger partial charge is 0.269 e. The number of nitrogens with zero attached hydrogens (tertiary/aromatic N) is 1. The zero-order valence-corrected chi connectivity index (χ0v) is 9.86. The Morgan fingerprint density at radius 1 is 1.35 bits per heavy atom. The van der Waals surface area contributed by atoms with Gasteiger partial charge in [0.25, 0.3) is 5.56 Å². The molecule has 0 radical (unpaired) electrons. The largest absolute Gasteiger partial charge is 0.497 e. The molecule has 0 fully saturated rings. The fourth-order valence-corrected chi connectivity index (χ4v) is 1.78. The fourth-order valence-electron chi connectivity index (χ4n) is 1.78. The van der Waals surface area contributed by atoms with Gasteiger partial charge in [-0.25, -0.2) is 0 Å². The van der Waals surface area contributed by atoms with Crippen molar-refractivity contribution in [3.8, 4) is 11.4 Å². The summed E-state index contributed by atoms with van der Waals surface area (Å²) in [5, 5.41) is 2.76. The van der Waals surface area contributed by atoms with Crippen molar-refractivity contribution < 1.29 is 4.74 Å². The summed E-state index contributed by atoms with van der Waals surface area (Å²) in [6, 6.07) is 7.44. The van der Waals surface area contributed by atoms with Crippen LogP contribution in [0.25, 0.3) is 5.69 Å². The normalized spacial score (nSPS) is 10.5. The Bertz CT molecular complexity index is 566. The van der Waals surface area contributed by atoms with E-state index in [1.165, 1.54) is 0 Å². The van der Waals surface area contributed by atoms with Gasteiger partial charge in [-0.2, -0.15) is 0 Å². The summed E-state index contributed by atoms with van der Waals surface area (Å²) < 4.78 is 6.81. The van der Waals surface area contributed by atoms with Crippen LogP contribution in [0.5, 0.6) is 5.75 Å². The summed E-state index contributed by atoms with van der Waals surface area (Å²) in [4.78, 5) is 11.6. The van der Waals surface area contributed by atoms with Crippen LogP contribution in [0.2, 0.25) is 0 Å². The third kappa shape index (κ3) is 1.97. The van der Waals surface area contributed by atoms with Crippen LogP contribution in [-0.2, 0) is 6.54 Å². The van der Waals surface area contributed by atoms with E-state index < -0.39 is 0 Å². The lowest BCUT2D eigenvalue weighted by atomic mass is 10.2. The van der Waals surface area contributed by atoms with Gasteiger partial charge < -0.3 is 10.5 Å². The second-order valence-corrected chi connectivity index (χ2v) is 3.74. The molecule has 0 amide bonds. The minimum Gasteiger partial charge on any atom is -0.497 e. The van der Waals surface area contributed by atoms with Gasteiger partial charge in [0, 0.05) is 12.2 Å². The molecular weight excluding hydrogens is 218 g/mol. The molecule has 2 rings (SSSR count). The van der Waals surface area contributed by atoms with Gasteiger partial charge in [0.15, 0.2) is 0 Å². The molecule has 17 heavy (non-hydrogen) atoms. The van der Waals surface area contributed by atoms with Gasteiger partial charge in [-0.3, -0.25) is 14.6 Å². The minimum absolute atomic E-state index is 0.138. The van der Waals surface area contributed by atoms with E-state index in [4.69, 9.17) is 10.5 Å². The highest BCUT2D eigenvalue weighted by molar-refractivity contribution is 5.39. The Hall–Kier alpha value is -2.01. The van der Waals surface area contributed by atoms with Crippen LogP contribution in [0.15, 0.2) is 29.1 Å². The summed E-state index contributed by atoms with van der Waals surface area (Å²) in [7, 11) is 1.62. The van der Waals surface area contributed by atoms with E-state index in [1.807, 2.05) is 31.2 Å². The highest BCUT2D eigenvalue weighted by Crippen LogP contribution is 2.16. The lowest BCUT2D eigenvalue weighted by Crippen LogP contribution is -2.10. The maximum Gasteiger partial charge on any atom is 0.269 e. The Labute approximate surface area is 98.8 Å². The summed E-state index contributed by atoms with van der Waals surface area (Å²) in [6.45, 7) is 2.11. The summed E-state index contributed by atoms with van der Waals surface area (Å²) in [5.41, 5.74) is 7.72. The average molecular weight is 233 g/mol. The zero-order chi connectivity index (χ0) is 12.4. The van der Waals surface area contributed by atoms with Crippen molar-refractivity contribution in [2.45, 2.75) is 13.5 Å². The van der Waals surface area contributed by atoms with Crippen LogP contribution >= 0.6 is 0 Å². The first-order valence-electron chi connectivity index (χ1n) is 5.32. The number of hydrogen-bond acceptors (Lipinski definition) is 3. The molecule has 90 valence electrons. The number of nitrogens with two attached hydrogens (primary N) is 1. The van der Waals surface area contributed by atoms with Crippen molar-refractivity contribution in [1.29, 1.82) is 0 Å². The number of rotatable bonds is 3. The first kappa shape index (κ1) is 11.5. The molecule has 0 aliphatic rings. The van der Waals surface area contributed by atoms with Gasteiger partial charge in [-0.15, -0.1) is 0 Å². The molecule has 1 aromatic heterocycles. The standard InChI is InChI=1S/C12H15N3O2/c1-8-11(7-13)12(16)14-15(8)9-3-5-10(17-2)6-4-9/h3-6H,7,13H2,1-2H3,(H,14,16). The second kappa shape index (κ2) is 4.47. The number of aromatic nitrogens is 2. The van der Waals surface area contributed by atoms with Crippen LogP contribution in [-0.4, -0.2) is 16.9 Å². The predicted octanol–water partition coefficient (Wildman–Crippen LogP) is 0.941. The quantitative estimate of drug-likeness (QED) is 0.828. The Kier molecular flexibility index (Phi) is 3.01. The fraction of sp³-hybridized carbons (Fsp3) is 0.250. The molecule has 5 heteroatoms. The van der Waals surface area contributed by atoms with Crippen molar-refractivity contribution >= 4 is 0 Å². The van der Waals surface area contributed by atoms with Gasteiger partial charge in [0.1, 0.15) is 5.75 Å². The molecule has 0 bridgehead atoms. The summed E-state index contributed by atoms with van der Waals surface area (Å²) in [5.74, 6) is 0.778. The molecule has 0 saturated carbocycles. The highest BCUT2D eigenvalue weighted by atomic mass is 16.5. The van der Waals surface area contributed by atoms with Gasteiger partial charge >= 0.3 is 0 Å². The number of hydrogen-bond donors (Lipinski definition) is 2. The van der Waals surface area contributed by atoms with E-state index in [0.717, 1.165) is 17.1 Å². The predicted molar refractivity (Wildman–Crippen MR) is 65.6 cm³/mol. The highest BCUT2D eigenvalue weighted by Gasteiger charge is 2.10. The SMILES string of the molecule is COc1ccc(-n2[nH]c(=O)c(CN)c2C)cc1. The van der Waals surface area contributed by atoms with Gasteiger partial charge in [-0.1, -0.05) is 0 Å². The van der Waals surface area contributed by atoms with Crippen LogP contribution in [0, 0.1) is 6.92 Å². The van der Waals surface area contributed by atoms with E-state index in [0.29, 0.717) is 5.56 Å². The number of aromatic amines is 1. The van der Waals surface area contributed by atoms with Crippen molar-refractivity contribution in [2.75, 3.05) is 7.11 Å². The molecule has 3 N–H and O–H groups in total. The maximum absolute atomic E-state index is 11.6. The average Bonchev–Trinajstić information content (AvgIpc) is 2.64. The Balaban J connectivity index is 2.49. The van der Waals surface area contributed by atoms with Crippen molar-refractivity contribution in [1.82, 2.24) is 9.78 Å². The number of ether oxygens (including phenoxy) is 1. The van der Waals surface area contributed by atoms with Crippen LogP contribution in [0.3, 0.4) is 0 Å². The molecule has 0 atom stereocenters. The van der Waals surface area contributed by atoms with Crippen LogP contribution in [0.4, 0.5) is 0 Å². The molecule has 2 aromatic rings. The number of benzene rings is 1. The lowest BCUT2D eigenvalue weighted by molar-refractivity contribution is 0.414. The summed E-state index contributed by atoms with van der Waals surface area (Å²) in [6.07, 6.45) is 0. The molecule has 1 heterocycles. The van der Waals surface area contributed by atoms with Crippen molar-refractivity contribution in [3.63, 3.8) is 0 Å². The molecular formula is C12H15N3O2. The van der Waals surface area contributed by atoms with Crippen molar-refractivity contribution in [3.05, 3.63) is 45.9 Å². The van der Waals surface area contributed by atoms with E-state index in [2.05, 4.69) is 5.10 Å². The molecule has 0 saturated heterocycles. The molecule has 0 unspecified atom stereocenters. The maximum atomic E-state index is 11.6. The topological polar surface area (TPSA) is 73.0 Å². The first-order chi connectivity index (χ1) is 8.17. The number of nitrogens with one attached hydrogen (secondary N) is 1. The van der Waals surface area contributed by atoms with Gasteiger partial charge in [0.05, 0.1) is 18.4 Å². The molecule has 5 nitrogen and oxygen atoms in total. The lowest BCUT2D eigenvalue weighted by Gasteiger charge is -2.06. The number of methoxy groups -OCH3 is 1. The zero-order valence-electron chi connectivity index (χ0n) is 9.86.